The van der Waals surface area contributed by atoms with Crippen LogP contribution in [0.5, 0.6) is 0 Å². The SMILES string of the molecule is CN[C@@H](C)C(=O)N[C@H](C(=O)N1CCC[C@@H]1CN(CCc1ccccc1)Cc1ccc(-c2ccc(CN(CCc3ccccc3)C[C@@H]3CCCN3C(=O)[C@@H](NC(=O)[C@H](C)NC)C(C)(C)C)cc2)cc1)C(C)(C)C. The predicted molar refractivity (Wildman–Crippen MR) is 292 cm³/mol. The summed E-state index contributed by atoms with van der Waals surface area (Å²) < 4.78 is 0. The zero-order valence-electron chi connectivity index (χ0n) is 45.2. The first-order valence-corrected chi connectivity index (χ1v) is 26.6. The number of carbonyl (C=O) groups is 4. The highest BCUT2D eigenvalue weighted by molar-refractivity contribution is 5.91. The summed E-state index contributed by atoms with van der Waals surface area (Å²) in [6, 6.07) is 37.1. The van der Waals surface area contributed by atoms with E-state index in [1.54, 1.807) is 14.1 Å². The Morgan fingerprint density at radius 2 is 0.875 bits per heavy atom. The summed E-state index contributed by atoms with van der Waals surface area (Å²) in [4.78, 5) is 63.8. The average Bonchev–Trinajstić information content (AvgIpc) is 4.05. The van der Waals surface area contributed by atoms with Crippen LogP contribution in [-0.4, -0.2) is 133 Å². The summed E-state index contributed by atoms with van der Waals surface area (Å²) in [5, 5.41) is 12.2. The van der Waals surface area contributed by atoms with Crippen LogP contribution < -0.4 is 21.3 Å². The summed E-state index contributed by atoms with van der Waals surface area (Å²) in [6.07, 6.45) is 5.55. The van der Waals surface area contributed by atoms with Crippen LogP contribution in [0.3, 0.4) is 0 Å². The Morgan fingerprint density at radius 1 is 0.528 bits per heavy atom. The number of amides is 4. The molecule has 12 nitrogen and oxygen atoms in total. The number of hydrogen-bond acceptors (Lipinski definition) is 8. The van der Waals surface area contributed by atoms with E-state index in [0.29, 0.717) is 13.1 Å². The standard InChI is InChI=1S/C60H86N8O4/c1-43(61-9)55(69)63-53(59(3,4)5)57(71)67-35-17-23-51(67)41-65(37-33-45-19-13-11-14-20-45)39-47-25-29-49(30-26-47)50-31-27-48(28-32-50)40-66(38-34-46-21-15-12-16-22-46)42-52-24-18-36-68(52)58(72)54(60(6,7)8)64-56(70)44(2)62-10/h11-16,19-22,25-32,43-44,51-54,61-62H,17-18,23-24,33-42H2,1-10H3,(H,63,69)(H,64,70)/t43-,44-,51-,52+,53+,54+/m0/s1. The summed E-state index contributed by atoms with van der Waals surface area (Å²) >= 11 is 0. The fraction of sp³-hybridized carbons (Fsp3) is 0.533. The first kappa shape index (κ1) is 55.9. The third-order valence-corrected chi connectivity index (χ3v) is 14.9. The molecule has 6 atom stereocenters. The van der Waals surface area contributed by atoms with Crippen LogP contribution >= 0.6 is 0 Å². The van der Waals surface area contributed by atoms with Gasteiger partial charge in [0.1, 0.15) is 12.1 Å². The molecule has 0 unspecified atom stereocenters. The fourth-order valence-electron chi connectivity index (χ4n) is 10.1. The molecule has 0 aliphatic carbocycles. The maximum absolute atomic E-state index is 14.3. The smallest absolute Gasteiger partial charge is 0.245 e. The summed E-state index contributed by atoms with van der Waals surface area (Å²) in [6.45, 7) is 21.9. The van der Waals surface area contributed by atoms with Gasteiger partial charge in [-0.2, -0.15) is 0 Å². The van der Waals surface area contributed by atoms with Crippen LogP contribution in [0.2, 0.25) is 0 Å². The molecule has 2 aliphatic rings. The number of benzene rings is 4. The molecule has 4 amide bonds. The number of likely N-dealkylation sites (N-methyl/N-ethyl adjacent to an activating group) is 2. The average molecular weight is 983 g/mol. The third kappa shape index (κ3) is 15.8. The van der Waals surface area contributed by atoms with E-state index in [-0.39, 0.29) is 35.7 Å². The summed E-state index contributed by atoms with van der Waals surface area (Å²) in [5.74, 6) is -0.335. The maximum atomic E-state index is 14.3. The molecule has 390 valence electrons. The predicted octanol–water partition coefficient (Wildman–Crippen LogP) is 7.70. The van der Waals surface area contributed by atoms with Crippen molar-refractivity contribution in [2.75, 3.05) is 53.4 Å². The number of nitrogens with one attached hydrogen (secondary N) is 4. The van der Waals surface area contributed by atoms with Gasteiger partial charge in [0, 0.05) is 64.4 Å². The molecule has 6 rings (SSSR count). The molecule has 2 saturated heterocycles. The zero-order chi connectivity index (χ0) is 52.0. The molecule has 72 heavy (non-hydrogen) atoms. The minimum absolute atomic E-state index is 0.0000967. The van der Waals surface area contributed by atoms with Crippen molar-refractivity contribution in [3.05, 3.63) is 131 Å². The van der Waals surface area contributed by atoms with Crippen LogP contribution in [0.4, 0.5) is 0 Å². The van der Waals surface area contributed by atoms with Crippen LogP contribution in [0.25, 0.3) is 11.1 Å². The lowest BCUT2D eigenvalue weighted by Gasteiger charge is -2.37. The summed E-state index contributed by atoms with van der Waals surface area (Å²) in [7, 11) is 3.51. The molecule has 0 aromatic heterocycles. The van der Waals surface area contributed by atoms with E-state index in [0.717, 1.165) is 88.9 Å². The van der Waals surface area contributed by atoms with Gasteiger partial charge in [0.25, 0.3) is 0 Å². The van der Waals surface area contributed by atoms with Crippen LogP contribution in [-0.2, 0) is 45.1 Å². The Morgan fingerprint density at radius 3 is 1.19 bits per heavy atom. The molecule has 2 fully saturated rings. The van der Waals surface area contributed by atoms with E-state index in [1.807, 2.05) is 65.2 Å². The Labute approximate surface area is 432 Å². The maximum Gasteiger partial charge on any atom is 0.245 e. The normalized spacial score (nSPS) is 18.0. The molecule has 0 spiro atoms. The second-order valence-electron chi connectivity index (χ2n) is 22.6. The van der Waals surface area contributed by atoms with Gasteiger partial charge in [-0.3, -0.25) is 29.0 Å². The van der Waals surface area contributed by atoms with Gasteiger partial charge in [0.15, 0.2) is 0 Å². The highest BCUT2D eigenvalue weighted by Gasteiger charge is 2.42. The molecule has 0 bridgehead atoms. The van der Waals surface area contributed by atoms with Crippen molar-refractivity contribution in [1.29, 1.82) is 0 Å². The lowest BCUT2D eigenvalue weighted by atomic mass is 9.85. The first-order valence-electron chi connectivity index (χ1n) is 26.6. The Bertz CT molecular complexity index is 2160. The molecule has 4 aromatic rings. The number of nitrogens with zero attached hydrogens (tertiary/aromatic N) is 4. The van der Waals surface area contributed by atoms with E-state index in [9.17, 15) is 19.2 Å². The van der Waals surface area contributed by atoms with Crippen LogP contribution in [0, 0.1) is 10.8 Å². The van der Waals surface area contributed by atoms with Crippen molar-refractivity contribution < 1.29 is 19.2 Å². The van der Waals surface area contributed by atoms with Crippen LogP contribution in [0.15, 0.2) is 109 Å². The van der Waals surface area contributed by atoms with Gasteiger partial charge in [-0.1, -0.05) is 151 Å². The van der Waals surface area contributed by atoms with Crippen molar-refractivity contribution in [3.8, 4) is 11.1 Å². The van der Waals surface area contributed by atoms with Crippen molar-refractivity contribution in [1.82, 2.24) is 40.9 Å². The highest BCUT2D eigenvalue weighted by atomic mass is 16.2. The van der Waals surface area contributed by atoms with Crippen molar-refractivity contribution in [2.45, 2.75) is 143 Å². The second-order valence-corrected chi connectivity index (χ2v) is 22.6. The van der Waals surface area contributed by atoms with Crippen LogP contribution in [0.1, 0.15) is 103 Å². The lowest BCUT2D eigenvalue weighted by Crippen LogP contribution is -2.59. The minimum Gasteiger partial charge on any atom is -0.342 e. The molecular weight excluding hydrogens is 897 g/mol. The van der Waals surface area contributed by atoms with Gasteiger partial charge in [0.05, 0.1) is 12.1 Å². The van der Waals surface area contributed by atoms with Gasteiger partial charge in [-0.05, 0) is 111 Å². The second kappa shape index (κ2) is 26.0. The zero-order valence-corrected chi connectivity index (χ0v) is 45.2. The Balaban J connectivity index is 1.14. The van der Waals surface area contributed by atoms with Gasteiger partial charge in [-0.25, -0.2) is 0 Å². The number of rotatable bonds is 23. The molecule has 12 heteroatoms. The number of carbonyl (C=O) groups excluding carboxylic acids is 4. The first-order chi connectivity index (χ1) is 34.3. The monoisotopic (exact) mass is 983 g/mol. The summed E-state index contributed by atoms with van der Waals surface area (Å²) in [5.41, 5.74) is 6.43. The quantitative estimate of drug-likeness (QED) is 0.0596. The topological polar surface area (TPSA) is 129 Å². The molecule has 2 heterocycles. The number of hydrogen-bond donors (Lipinski definition) is 4. The van der Waals surface area contributed by atoms with Gasteiger partial charge in [-0.15, -0.1) is 0 Å². The highest BCUT2D eigenvalue weighted by Crippen LogP contribution is 2.30. The lowest BCUT2D eigenvalue weighted by molar-refractivity contribution is -0.141. The van der Waals surface area contributed by atoms with E-state index < -0.39 is 35.0 Å². The van der Waals surface area contributed by atoms with E-state index >= 15 is 0 Å². The largest absolute Gasteiger partial charge is 0.342 e. The molecule has 4 aromatic carbocycles. The third-order valence-electron chi connectivity index (χ3n) is 14.9. The fourth-order valence-corrected chi connectivity index (χ4v) is 10.1. The van der Waals surface area contributed by atoms with Gasteiger partial charge in [0.2, 0.25) is 23.6 Å². The molecule has 2 aliphatic heterocycles. The van der Waals surface area contributed by atoms with E-state index in [1.165, 1.54) is 22.3 Å². The van der Waals surface area contributed by atoms with Crippen molar-refractivity contribution in [3.63, 3.8) is 0 Å². The van der Waals surface area contributed by atoms with E-state index in [2.05, 4.69) is 140 Å². The minimum atomic E-state index is -0.624. The molecule has 0 saturated carbocycles. The molecule has 0 radical (unpaired) electrons. The van der Waals surface area contributed by atoms with Crippen molar-refractivity contribution >= 4 is 23.6 Å². The molecule has 4 N–H and O–H groups in total. The number of likely N-dealkylation sites (tertiary alicyclic amines) is 2. The van der Waals surface area contributed by atoms with Gasteiger partial charge >= 0.3 is 0 Å². The van der Waals surface area contributed by atoms with Crippen molar-refractivity contribution in [2.24, 2.45) is 10.8 Å². The Kier molecular flexibility index (Phi) is 20.2. The molecular formula is C60H86N8O4. The van der Waals surface area contributed by atoms with E-state index in [4.69, 9.17) is 0 Å². The Hall–Kier alpha value is -5.40. The van der Waals surface area contributed by atoms with Gasteiger partial charge < -0.3 is 31.1 Å².